The normalized spacial score (nSPS) is 13.8. The van der Waals surface area contributed by atoms with Crippen molar-refractivity contribution in [2.45, 2.75) is 46.2 Å². The summed E-state index contributed by atoms with van der Waals surface area (Å²) in [5.41, 5.74) is 4.74. The zero-order valence-corrected chi connectivity index (χ0v) is 20.1. The Balaban J connectivity index is 0.00000300. The van der Waals surface area contributed by atoms with Gasteiger partial charge in [-0.1, -0.05) is 30.3 Å². The molecule has 1 aromatic heterocycles. The second kappa shape index (κ2) is 12.2. The average Bonchev–Trinajstić information content (AvgIpc) is 3.49. The van der Waals surface area contributed by atoms with E-state index in [1.807, 2.05) is 6.07 Å². The van der Waals surface area contributed by atoms with Crippen molar-refractivity contribution in [1.29, 1.82) is 0 Å². The first-order valence-corrected chi connectivity index (χ1v) is 10.3. The Labute approximate surface area is 191 Å². The summed E-state index contributed by atoms with van der Waals surface area (Å²) in [6, 6.07) is 10.4. The Morgan fingerprint density at radius 1 is 1.21 bits per heavy atom. The molecule has 0 bridgehead atoms. The first-order chi connectivity index (χ1) is 13.7. The van der Waals surface area contributed by atoms with E-state index in [2.05, 4.69) is 58.4 Å². The molecule has 2 aromatic rings. The summed E-state index contributed by atoms with van der Waals surface area (Å²) >= 11 is 0. The van der Waals surface area contributed by atoms with E-state index in [4.69, 9.17) is 9.84 Å². The molecule has 160 valence electrons. The van der Waals surface area contributed by atoms with Gasteiger partial charge in [0.15, 0.2) is 5.96 Å². The van der Waals surface area contributed by atoms with Gasteiger partial charge in [-0.3, -0.25) is 9.67 Å². The summed E-state index contributed by atoms with van der Waals surface area (Å²) in [6.45, 7) is 8.30. The van der Waals surface area contributed by atoms with Crippen LogP contribution in [-0.4, -0.2) is 42.5 Å². The molecule has 0 spiro atoms. The van der Waals surface area contributed by atoms with Crippen LogP contribution in [0.1, 0.15) is 41.8 Å². The fourth-order valence-electron chi connectivity index (χ4n) is 3.21. The summed E-state index contributed by atoms with van der Waals surface area (Å²) < 4.78 is 7.75. The number of aliphatic imine (C=N–C) groups is 1. The SMILES string of the molecule is CN=C(NCCCOCC1CC1)NCc1c(C)nn(Cc2ccccc2)c1C.I. The van der Waals surface area contributed by atoms with Crippen LogP contribution in [0.15, 0.2) is 35.3 Å². The minimum absolute atomic E-state index is 0. The summed E-state index contributed by atoms with van der Waals surface area (Å²) in [7, 11) is 1.80. The van der Waals surface area contributed by atoms with E-state index in [1.165, 1.54) is 29.7 Å². The van der Waals surface area contributed by atoms with Crippen LogP contribution in [0.3, 0.4) is 0 Å². The number of nitrogens with one attached hydrogen (secondary N) is 2. The number of hydrogen-bond donors (Lipinski definition) is 2. The van der Waals surface area contributed by atoms with Gasteiger partial charge >= 0.3 is 0 Å². The van der Waals surface area contributed by atoms with Gasteiger partial charge in [0.25, 0.3) is 0 Å². The smallest absolute Gasteiger partial charge is 0.191 e. The Bertz CT molecular complexity index is 771. The average molecular weight is 511 g/mol. The van der Waals surface area contributed by atoms with Gasteiger partial charge in [0.05, 0.1) is 12.2 Å². The van der Waals surface area contributed by atoms with Crippen molar-refractivity contribution in [1.82, 2.24) is 20.4 Å². The van der Waals surface area contributed by atoms with Crippen LogP contribution in [0, 0.1) is 19.8 Å². The van der Waals surface area contributed by atoms with Crippen molar-refractivity contribution in [2.75, 3.05) is 26.8 Å². The topological polar surface area (TPSA) is 63.5 Å². The third-order valence-electron chi connectivity index (χ3n) is 5.17. The van der Waals surface area contributed by atoms with Crippen LogP contribution < -0.4 is 10.6 Å². The molecule has 1 aliphatic rings. The molecule has 7 heteroatoms. The minimum atomic E-state index is 0. The van der Waals surface area contributed by atoms with E-state index in [0.717, 1.165) is 50.3 Å². The van der Waals surface area contributed by atoms with Crippen molar-refractivity contribution in [3.8, 4) is 0 Å². The third kappa shape index (κ3) is 7.62. The van der Waals surface area contributed by atoms with Crippen LogP contribution >= 0.6 is 24.0 Å². The maximum absolute atomic E-state index is 5.67. The molecule has 1 fully saturated rings. The first kappa shape index (κ1) is 23.7. The van der Waals surface area contributed by atoms with Crippen molar-refractivity contribution in [3.05, 3.63) is 52.8 Å². The summed E-state index contributed by atoms with van der Waals surface area (Å²) in [5.74, 6) is 1.65. The molecule has 1 saturated carbocycles. The highest BCUT2D eigenvalue weighted by Gasteiger charge is 2.20. The van der Waals surface area contributed by atoms with Crippen LogP contribution in [0.4, 0.5) is 0 Å². The second-order valence-electron chi connectivity index (χ2n) is 7.52. The number of guanidine groups is 1. The van der Waals surface area contributed by atoms with Gasteiger partial charge in [-0.25, -0.2) is 0 Å². The van der Waals surface area contributed by atoms with Gasteiger partial charge in [-0.05, 0) is 44.6 Å². The molecule has 6 nitrogen and oxygen atoms in total. The van der Waals surface area contributed by atoms with Crippen LogP contribution in [0.25, 0.3) is 0 Å². The Kier molecular flexibility index (Phi) is 9.93. The standard InChI is InChI=1S/C22H33N5O.HI/c1-17-21(18(2)27(26-17)15-19-8-5-4-6-9-19)14-25-22(23-3)24-12-7-13-28-16-20-10-11-20;/h4-6,8-9,20H,7,10-16H2,1-3H3,(H2,23,24,25);1H. The van der Waals surface area contributed by atoms with Gasteiger partial charge < -0.3 is 15.4 Å². The zero-order valence-electron chi connectivity index (χ0n) is 17.8. The predicted octanol–water partition coefficient (Wildman–Crippen LogP) is 3.65. The lowest BCUT2D eigenvalue weighted by Gasteiger charge is -2.12. The molecule has 29 heavy (non-hydrogen) atoms. The van der Waals surface area contributed by atoms with Crippen molar-refractivity contribution >= 4 is 29.9 Å². The number of aryl methyl sites for hydroxylation is 1. The van der Waals surface area contributed by atoms with Crippen LogP contribution in [0.2, 0.25) is 0 Å². The lowest BCUT2D eigenvalue weighted by Crippen LogP contribution is -2.37. The maximum Gasteiger partial charge on any atom is 0.191 e. The Morgan fingerprint density at radius 3 is 2.66 bits per heavy atom. The van der Waals surface area contributed by atoms with E-state index in [9.17, 15) is 0 Å². The van der Waals surface area contributed by atoms with Gasteiger partial charge in [-0.2, -0.15) is 5.10 Å². The highest BCUT2D eigenvalue weighted by molar-refractivity contribution is 14.0. The molecule has 3 rings (SSSR count). The lowest BCUT2D eigenvalue weighted by molar-refractivity contribution is 0.123. The van der Waals surface area contributed by atoms with Gasteiger partial charge in [-0.15, -0.1) is 24.0 Å². The van der Waals surface area contributed by atoms with E-state index >= 15 is 0 Å². The van der Waals surface area contributed by atoms with Gasteiger partial charge in [0.2, 0.25) is 0 Å². The van der Waals surface area contributed by atoms with Gasteiger partial charge in [0, 0.05) is 44.6 Å². The van der Waals surface area contributed by atoms with Crippen LogP contribution in [0.5, 0.6) is 0 Å². The molecule has 0 aliphatic heterocycles. The molecule has 2 N–H and O–H groups in total. The molecule has 1 heterocycles. The van der Waals surface area contributed by atoms with E-state index in [-0.39, 0.29) is 24.0 Å². The Hall–Kier alpha value is -1.61. The highest BCUT2D eigenvalue weighted by Crippen LogP contribution is 2.28. The van der Waals surface area contributed by atoms with E-state index in [1.54, 1.807) is 7.05 Å². The van der Waals surface area contributed by atoms with Crippen molar-refractivity contribution in [3.63, 3.8) is 0 Å². The van der Waals surface area contributed by atoms with Gasteiger partial charge in [0.1, 0.15) is 0 Å². The van der Waals surface area contributed by atoms with E-state index < -0.39 is 0 Å². The Morgan fingerprint density at radius 2 is 1.97 bits per heavy atom. The first-order valence-electron chi connectivity index (χ1n) is 10.3. The summed E-state index contributed by atoms with van der Waals surface area (Å²) in [4.78, 5) is 4.32. The van der Waals surface area contributed by atoms with Crippen molar-refractivity contribution < 1.29 is 4.74 Å². The number of ether oxygens (including phenoxy) is 1. The number of rotatable bonds is 10. The molecule has 0 unspecified atom stereocenters. The molecule has 0 atom stereocenters. The molecular formula is C22H34IN5O. The number of hydrogen-bond acceptors (Lipinski definition) is 3. The largest absolute Gasteiger partial charge is 0.381 e. The van der Waals surface area contributed by atoms with Crippen molar-refractivity contribution in [2.24, 2.45) is 10.9 Å². The minimum Gasteiger partial charge on any atom is -0.381 e. The lowest BCUT2D eigenvalue weighted by atomic mass is 10.2. The fourth-order valence-corrected chi connectivity index (χ4v) is 3.21. The highest BCUT2D eigenvalue weighted by atomic mass is 127. The quantitative estimate of drug-likeness (QED) is 0.221. The molecule has 0 saturated heterocycles. The summed E-state index contributed by atoms with van der Waals surface area (Å²) in [5, 5.41) is 11.5. The number of halogens is 1. The molecular weight excluding hydrogens is 477 g/mol. The molecule has 1 aromatic carbocycles. The zero-order chi connectivity index (χ0) is 19.8. The monoisotopic (exact) mass is 511 g/mol. The molecule has 0 radical (unpaired) electrons. The number of aromatic nitrogens is 2. The third-order valence-corrected chi connectivity index (χ3v) is 5.17. The molecule has 1 aliphatic carbocycles. The molecule has 0 amide bonds. The van der Waals surface area contributed by atoms with E-state index in [0.29, 0.717) is 6.54 Å². The predicted molar refractivity (Wildman–Crippen MR) is 129 cm³/mol. The number of benzene rings is 1. The second-order valence-corrected chi connectivity index (χ2v) is 7.52. The summed E-state index contributed by atoms with van der Waals surface area (Å²) in [6.07, 6.45) is 3.67. The van der Waals surface area contributed by atoms with Crippen LogP contribution in [-0.2, 0) is 17.8 Å². The number of nitrogens with zero attached hydrogens (tertiary/aromatic N) is 3. The fraction of sp³-hybridized carbons (Fsp3) is 0.545. The maximum atomic E-state index is 5.67.